The molecule has 0 aliphatic rings. The minimum Gasteiger partial charge on any atom is -0.320 e. The third kappa shape index (κ3) is 2.71. The smallest absolute Gasteiger partial charge is 0.316 e. The molecule has 2 heterocycles. The van der Waals surface area contributed by atoms with Gasteiger partial charge in [-0.2, -0.15) is 0 Å². The van der Waals surface area contributed by atoms with Crippen LogP contribution in [0.4, 0.5) is 5.69 Å². The fourth-order valence-electron chi connectivity index (χ4n) is 2.52. The zero-order valence-electron chi connectivity index (χ0n) is 13.3. The van der Waals surface area contributed by atoms with Crippen molar-refractivity contribution in [3.8, 4) is 0 Å². The van der Waals surface area contributed by atoms with E-state index in [1.165, 1.54) is 4.57 Å². The summed E-state index contributed by atoms with van der Waals surface area (Å²) in [5.41, 5.74) is 1.61. The number of aromatic amines is 1. The van der Waals surface area contributed by atoms with Crippen LogP contribution < -0.4 is 16.4 Å². The summed E-state index contributed by atoms with van der Waals surface area (Å²) in [6, 6.07) is 6.63. The first-order chi connectivity index (χ1) is 11.5. The second-order valence-electron chi connectivity index (χ2n) is 5.38. The van der Waals surface area contributed by atoms with Crippen molar-refractivity contribution in [2.45, 2.75) is 20.4 Å². The molecule has 1 aromatic carbocycles. The standard InChI is InChI=1S/C17H16N4O3/c1-3-21-14-5-4-11(8-12(14)19-16(23)17(21)24)15(22)20-13-9-18-7-6-10(13)2/h4-9H,3H2,1-2H3,(H,19,23)(H,20,22). The van der Waals surface area contributed by atoms with E-state index >= 15 is 0 Å². The van der Waals surface area contributed by atoms with Gasteiger partial charge in [0.05, 0.1) is 22.9 Å². The Morgan fingerprint density at radius 2 is 2.08 bits per heavy atom. The molecule has 0 spiro atoms. The number of aromatic nitrogens is 3. The first-order valence-electron chi connectivity index (χ1n) is 7.50. The molecule has 7 heteroatoms. The molecule has 0 fully saturated rings. The predicted octanol–water partition coefficient (Wildman–Crippen LogP) is 1.67. The van der Waals surface area contributed by atoms with E-state index in [9.17, 15) is 14.4 Å². The van der Waals surface area contributed by atoms with Gasteiger partial charge in [-0.05, 0) is 43.7 Å². The Morgan fingerprint density at radius 3 is 2.79 bits per heavy atom. The van der Waals surface area contributed by atoms with Crippen molar-refractivity contribution in [1.29, 1.82) is 0 Å². The molecule has 1 amide bonds. The van der Waals surface area contributed by atoms with E-state index in [2.05, 4.69) is 15.3 Å². The molecule has 24 heavy (non-hydrogen) atoms. The van der Waals surface area contributed by atoms with Gasteiger partial charge in [-0.3, -0.25) is 19.4 Å². The molecule has 3 aromatic rings. The lowest BCUT2D eigenvalue weighted by Crippen LogP contribution is -2.36. The molecule has 0 unspecified atom stereocenters. The van der Waals surface area contributed by atoms with Crippen molar-refractivity contribution in [1.82, 2.24) is 14.5 Å². The van der Waals surface area contributed by atoms with Gasteiger partial charge in [0.25, 0.3) is 5.91 Å². The van der Waals surface area contributed by atoms with Gasteiger partial charge in [0.1, 0.15) is 0 Å². The van der Waals surface area contributed by atoms with Gasteiger partial charge >= 0.3 is 11.1 Å². The molecule has 122 valence electrons. The van der Waals surface area contributed by atoms with Crippen molar-refractivity contribution in [2.75, 3.05) is 5.32 Å². The maximum Gasteiger partial charge on any atom is 0.316 e. The molecule has 0 aliphatic carbocycles. The number of carbonyl (C=O) groups is 1. The SMILES string of the molecule is CCn1c(=O)c(=O)[nH]c2cc(C(=O)Nc3cnccc3C)ccc21. The van der Waals surface area contributed by atoms with E-state index in [0.717, 1.165) is 5.56 Å². The summed E-state index contributed by atoms with van der Waals surface area (Å²) in [7, 11) is 0. The molecule has 0 atom stereocenters. The summed E-state index contributed by atoms with van der Waals surface area (Å²) >= 11 is 0. The third-order valence-electron chi connectivity index (χ3n) is 3.84. The number of pyridine rings is 1. The summed E-state index contributed by atoms with van der Waals surface area (Å²) in [4.78, 5) is 42.5. The Balaban J connectivity index is 2.04. The van der Waals surface area contributed by atoms with Gasteiger partial charge in [-0.25, -0.2) is 0 Å². The van der Waals surface area contributed by atoms with Crippen molar-refractivity contribution < 1.29 is 4.79 Å². The number of H-pyrrole nitrogens is 1. The predicted molar refractivity (Wildman–Crippen MR) is 91.4 cm³/mol. The lowest BCUT2D eigenvalue weighted by Gasteiger charge is -2.10. The van der Waals surface area contributed by atoms with Crippen LogP contribution >= 0.6 is 0 Å². The Labute approximate surface area is 137 Å². The highest BCUT2D eigenvalue weighted by Gasteiger charge is 2.11. The normalized spacial score (nSPS) is 10.8. The van der Waals surface area contributed by atoms with Crippen LogP contribution in [-0.2, 0) is 6.54 Å². The number of carbonyl (C=O) groups excluding carboxylic acids is 1. The Kier molecular flexibility index (Phi) is 3.99. The van der Waals surface area contributed by atoms with E-state index in [1.54, 1.807) is 43.6 Å². The Morgan fingerprint density at radius 1 is 1.29 bits per heavy atom. The molecule has 0 aliphatic heterocycles. The number of hydrogen-bond acceptors (Lipinski definition) is 4. The van der Waals surface area contributed by atoms with Gasteiger partial charge in [0.15, 0.2) is 0 Å². The number of aryl methyl sites for hydroxylation is 2. The summed E-state index contributed by atoms with van der Waals surface area (Å²) in [5, 5.41) is 2.78. The summed E-state index contributed by atoms with van der Waals surface area (Å²) in [5.74, 6) is -0.317. The van der Waals surface area contributed by atoms with Gasteiger partial charge in [-0.15, -0.1) is 0 Å². The van der Waals surface area contributed by atoms with Crippen molar-refractivity contribution in [2.24, 2.45) is 0 Å². The number of nitrogens with zero attached hydrogens (tertiary/aromatic N) is 2. The monoisotopic (exact) mass is 324 g/mol. The maximum atomic E-state index is 12.4. The zero-order valence-corrected chi connectivity index (χ0v) is 13.3. The van der Waals surface area contributed by atoms with E-state index in [-0.39, 0.29) is 5.91 Å². The number of hydrogen-bond donors (Lipinski definition) is 2. The van der Waals surface area contributed by atoms with Crippen molar-refractivity contribution in [3.05, 3.63) is 68.5 Å². The molecule has 0 radical (unpaired) electrons. The maximum absolute atomic E-state index is 12.4. The van der Waals surface area contributed by atoms with Crippen LogP contribution in [0.2, 0.25) is 0 Å². The molecule has 2 N–H and O–H groups in total. The van der Waals surface area contributed by atoms with Crippen LogP contribution in [0.25, 0.3) is 11.0 Å². The molecular formula is C17H16N4O3. The number of benzene rings is 1. The summed E-state index contributed by atoms with van der Waals surface area (Å²) < 4.78 is 1.38. The second kappa shape index (κ2) is 6.11. The van der Waals surface area contributed by atoms with E-state index in [4.69, 9.17) is 0 Å². The van der Waals surface area contributed by atoms with Crippen molar-refractivity contribution in [3.63, 3.8) is 0 Å². The molecule has 3 rings (SSSR count). The molecule has 7 nitrogen and oxygen atoms in total. The first kappa shape index (κ1) is 15.7. The second-order valence-corrected chi connectivity index (χ2v) is 5.38. The van der Waals surface area contributed by atoms with Gasteiger partial charge in [0, 0.05) is 18.3 Å². The van der Waals surface area contributed by atoms with E-state index in [0.29, 0.717) is 28.8 Å². The highest BCUT2D eigenvalue weighted by atomic mass is 16.2. The fraction of sp³-hybridized carbons (Fsp3) is 0.176. The molecule has 2 aromatic heterocycles. The average molecular weight is 324 g/mol. The Bertz CT molecular complexity index is 1050. The van der Waals surface area contributed by atoms with Crippen LogP contribution in [-0.4, -0.2) is 20.4 Å². The minimum atomic E-state index is -0.704. The minimum absolute atomic E-state index is 0.317. The highest BCUT2D eigenvalue weighted by Crippen LogP contribution is 2.16. The summed E-state index contributed by atoms with van der Waals surface area (Å²) in [6.07, 6.45) is 3.22. The number of nitrogens with one attached hydrogen (secondary N) is 2. The lowest BCUT2D eigenvalue weighted by molar-refractivity contribution is 0.102. The topological polar surface area (TPSA) is 96.9 Å². The van der Waals surface area contributed by atoms with Crippen LogP contribution in [0.15, 0.2) is 46.2 Å². The molecular weight excluding hydrogens is 308 g/mol. The van der Waals surface area contributed by atoms with E-state index < -0.39 is 11.1 Å². The van der Waals surface area contributed by atoms with E-state index in [1.807, 2.05) is 6.92 Å². The van der Waals surface area contributed by atoms with Gasteiger partial charge < -0.3 is 14.9 Å². The van der Waals surface area contributed by atoms with Crippen LogP contribution in [0.5, 0.6) is 0 Å². The Hall–Kier alpha value is -3.22. The first-order valence-corrected chi connectivity index (χ1v) is 7.50. The van der Waals surface area contributed by atoms with Crippen LogP contribution in [0, 0.1) is 6.92 Å². The lowest BCUT2D eigenvalue weighted by atomic mass is 10.1. The number of fused-ring (bicyclic) bond motifs is 1. The molecule has 0 bridgehead atoms. The number of rotatable bonds is 3. The zero-order chi connectivity index (χ0) is 17.3. The number of anilines is 1. The average Bonchev–Trinajstić information content (AvgIpc) is 2.57. The molecule has 0 saturated heterocycles. The summed E-state index contributed by atoms with van der Waals surface area (Å²) in [6.45, 7) is 4.03. The fourth-order valence-corrected chi connectivity index (χ4v) is 2.52. The quantitative estimate of drug-likeness (QED) is 0.716. The third-order valence-corrected chi connectivity index (χ3v) is 3.84. The van der Waals surface area contributed by atoms with Gasteiger partial charge in [0.2, 0.25) is 0 Å². The van der Waals surface area contributed by atoms with Crippen molar-refractivity contribution >= 4 is 22.6 Å². The number of amides is 1. The van der Waals surface area contributed by atoms with Gasteiger partial charge in [-0.1, -0.05) is 0 Å². The van der Waals surface area contributed by atoms with Crippen LogP contribution in [0.3, 0.4) is 0 Å². The van der Waals surface area contributed by atoms with Crippen LogP contribution in [0.1, 0.15) is 22.8 Å². The largest absolute Gasteiger partial charge is 0.320 e. The highest BCUT2D eigenvalue weighted by molar-refractivity contribution is 6.06. The molecule has 0 saturated carbocycles.